The summed E-state index contributed by atoms with van der Waals surface area (Å²) in [5.74, 6) is 0.106. The van der Waals surface area contributed by atoms with Crippen LogP contribution in [0.15, 0.2) is 36.5 Å². The average molecular weight is 295 g/mol. The lowest BCUT2D eigenvalue weighted by Gasteiger charge is -2.18. The van der Waals surface area contributed by atoms with Crippen molar-refractivity contribution in [3.05, 3.63) is 51.4 Å². The van der Waals surface area contributed by atoms with Gasteiger partial charge in [-0.3, -0.25) is 14.7 Å². The Balaban J connectivity index is 1.97. The molecular formula is C14H15ClN2OS. The molecule has 0 unspecified atom stereocenters. The maximum absolute atomic E-state index is 12.1. The number of halogens is 1. The molecule has 0 aromatic carbocycles. The van der Waals surface area contributed by atoms with Gasteiger partial charge in [-0.2, -0.15) is 0 Å². The van der Waals surface area contributed by atoms with E-state index in [0.29, 0.717) is 22.3 Å². The Morgan fingerprint density at radius 2 is 2.21 bits per heavy atom. The summed E-state index contributed by atoms with van der Waals surface area (Å²) in [4.78, 5) is 19.2. The number of nitrogens with zero attached hydrogens (tertiary/aromatic N) is 2. The Hall–Kier alpha value is -1.23. The molecule has 0 aliphatic carbocycles. The number of hydrogen-bond acceptors (Lipinski definition) is 4. The molecule has 0 saturated heterocycles. The van der Waals surface area contributed by atoms with Crippen molar-refractivity contribution in [3.8, 4) is 0 Å². The van der Waals surface area contributed by atoms with Crippen LogP contribution < -0.4 is 0 Å². The Kier molecular flexibility index (Phi) is 5.07. The van der Waals surface area contributed by atoms with Gasteiger partial charge in [-0.15, -0.1) is 11.3 Å². The van der Waals surface area contributed by atoms with E-state index in [4.69, 9.17) is 11.6 Å². The predicted octanol–water partition coefficient (Wildman–Crippen LogP) is 3.50. The van der Waals surface area contributed by atoms with E-state index in [1.54, 1.807) is 18.3 Å². The monoisotopic (exact) mass is 294 g/mol. The quantitative estimate of drug-likeness (QED) is 0.765. The minimum atomic E-state index is 0.106. The van der Waals surface area contributed by atoms with E-state index in [-0.39, 0.29) is 5.78 Å². The summed E-state index contributed by atoms with van der Waals surface area (Å²) in [6.45, 7) is 3.92. The van der Waals surface area contributed by atoms with Crippen LogP contribution in [0.25, 0.3) is 0 Å². The van der Waals surface area contributed by atoms with Gasteiger partial charge in [0.1, 0.15) is 0 Å². The topological polar surface area (TPSA) is 33.2 Å². The fourth-order valence-corrected chi connectivity index (χ4v) is 2.72. The summed E-state index contributed by atoms with van der Waals surface area (Å²) in [7, 11) is 0. The van der Waals surface area contributed by atoms with Gasteiger partial charge in [0, 0.05) is 12.7 Å². The van der Waals surface area contributed by atoms with Crippen LogP contribution in [-0.2, 0) is 6.54 Å². The number of carbonyl (C=O) groups excluding carboxylic acids is 1. The van der Waals surface area contributed by atoms with Crippen LogP contribution in [0, 0.1) is 0 Å². The second-order valence-electron chi connectivity index (χ2n) is 4.15. The first-order chi connectivity index (χ1) is 9.19. The number of likely N-dealkylation sites (N-methyl/N-ethyl adjacent to an activating group) is 1. The van der Waals surface area contributed by atoms with Crippen molar-refractivity contribution in [1.29, 1.82) is 0 Å². The largest absolute Gasteiger partial charge is 0.292 e. The third-order valence-corrected chi connectivity index (χ3v) is 4.05. The van der Waals surface area contributed by atoms with Gasteiger partial charge in [-0.05, 0) is 30.8 Å². The second-order valence-corrected chi connectivity index (χ2v) is 5.87. The van der Waals surface area contributed by atoms with Gasteiger partial charge < -0.3 is 0 Å². The number of rotatable bonds is 6. The lowest BCUT2D eigenvalue weighted by Crippen LogP contribution is -2.29. The molecule has 100 valence electrons. The summed E-state index contributed by atoms with van der Waals surface area (Å²) in [5, 5.41) is 0. The molecule has 0 N–H and O–H groups in total. The Morgan fingerprint density at radius 3 is 2.79 bits per heavy atom. The minimum absolute atomic E-state index is 0.106. The van der Waals surface area contributed by atoms with E-state index in [1.165, 1.54) is 11.3 Å². The molecule has 19 heavy (non-hydrogen) atoms. The van der Waals surface area contributed by atoms with Crippen LogP contribution in [0.4, 0.5) is 0 Å². The standard InChI is InChI=1S/C14H15ClN2OS/c1-2-17(9-11-5-3-4-8-16-11)10-12(18)13-6-7-14(15)19-13/h3-8H,2,9-10H2,1H3. The Bertz CT molecular complexity index is 541. The van der Waals surface area contributed by atoms with Crippen LogP contribution >= 0.6 is 22.9 Å². The lowest BCUT2D eigenvalue weighted by atomic mass is 10.2. The zero-order chi connectivity index (χ0) is 13.7. The van der Waals surface area contributed by atoms with Crippen molar-refractivity contribution in [2.45, 2.75) is 13.5 Å². The van der Waals surface area contributed by atoms with Crippen LogP contribution in [0.5, 0.6) is 0 Å². The van der Waals surface area contributed by atoms with Crippen LogP contribution in [0.3, 0.4) is 0 Å². The van der Waals surface area contributed by atoms with Crippen LogP contribution in [0.2, 0.25) is 4.34 Å². The van der Waals surface area contributed by atoms with Gasteiger partial charge in [0.25, 0.3) is 0 Å². The molecule has 0 amide bonds. The van der Waals surface area contributed by atoms with E-state index < -0.39 is 0 Å². The highest BCUT2D eigenvalue weighted by molar-refractivity contribution is 7.18. The molecule has 0 bridgehead atoms. The predicted molar refractivity (Wildman–Crippen MR) is 78.8 cm³/mol. The highest BCUT2D eigenvalue weighted by atomic mass is 35.5. The Labute approximate surface area is 121 Å². The van der Waals surface area contributed by atoms with Crippen LogP contribution in [-0.4, -0.2) is 28.8 Å². The van der Waals surface area contributed by atoms with Gasteiger partial charge in [-0.1, -0.05) is 24.6 Å². The summed E-state index contributed by atoms with van der Waals surface area (Å²) in [6, 6.07) is 9.35. The molecule has 0 atom stereocenters. The zero-order valence-electron chi connectivity index (χ0n) is 10.7. The fourth-order valence-electron chi connectivity index (χ4n) is 1.75. The van der Waals surface area contributed by atoms with Crippen molar-refractivity contribution < 1.29 is 4.79 Å². The summed E-state index contributed by atoms with van der Waals surface area (Å²) in [6.07, 6.45) is 1.77. The number of aromatic nitrogens is 1. The number of carbonyl (C=O) groups is 1. The first-order valence-corrected chi connectivity index (χ1v) is 7.29. The zero-order valence-corrected chi connectivity index (χ0v) is 12.2. The maximum Gasteiger partial charge on any atom is 0.186 e. The van der Waals surface area contributed by atoms with E-state index in [9.17, 15) is 4.79 Å². The number of thiophene rings is 1. The molecule has 2 aromatic rings. The molecule has 0 aliphatic heterocycles. The molecule has 0 saturated carbocycles. The summed E-state index contributed by atoms with van der Waals surface area (Å²) < 4.78 is 0.649. The van der Waals surface area contributed by atoms with Crippen molar-refractivity contribution >= 4 is 28.7 Å². The van der Waals surface area contributed by atoms with Gasteiger partial charge >= 0.3 is 0 Å². The van der Waals surface area contributed by atoms with E-state index in [0.717, 1.165) is 12.2 Å². The van der Waals surface area contributed by atoms with Crippen molar-refractivity contribution in [2.24, 2.45) is 0 Å². The van der Waals surface area contributed by atoms with Crippen molar-refractivity contribution in [3.63, 3.8) is 0 Å². The summed E-state index contributed by atoms with van der Waals surface area (Å²) >= 11 is 7.18. The molecule has 0 radical (unpaired) electrons. The molecule has 2 rings (SSSR count). The highest BCUT2D eigenvalue weighted by Crippen LogP contribution is 2.22. The normalized spacial score (nSPS) is 10.9. The molecule has 2 aromatic heterocycles. The minimum Gasteiger partial charge on any atom is -0.292 e. The highest BCUT2D eigenvalue weighted by Gasteiger charge is 2.13. The number of pyridine rings is 1. The first-order valence-electron chi connectivity index (χ1n) is 6.10. The molecule has 0 fully saturated rings. The number of Topliss-reactive ketones (excluding diaryl/α,β-unsaturated/α-hetero) is 1. The molecule has 0 aliphatic rings. The second kappa shape index (κ2) is 6.80. The first kappa shape index (κ1) is 14.2. The SMILES string of the molecule is CCN(CC(=O)c1ccc(Cl)s1)Cc1ccccn1. The Morgan fingerprint density at radius 1 is 1.37 bits per heavy atom. The fraction of sp³-hybridized carbons (Fsp3) is 0.286. The third kappa shape index (κ3) is 4.13. The molecule has 2 heterocycles. The molecule has 0 spiro atoms. The van der Waals surface area contributed by atoms with Gasteiger partial charge in [0.2, 0.25) is 0 Å². The van der Waals surface area contributed by atoms with E-state index >= 15 is 0 Å². The van der Waals surface area contributed by atoms with Crippen LogP contribution in [0.1, 0.15) is 22.3 Å². The maximum atomic E-state index is 12.1. The molecule has 5 heteroatoms. The third-order valence-electron chi connectivity index (χ3n) is 2.77. The summed E-state index contributed by atoms with van der Waals surface area (Å²) in [5.41, 5.74) is 0.973. The molecule has 3 nitrogen and oxygen atoms in total. The van der Waals surface area contributed by atoms with E-state index in [2.05, 4.69) is 9.88 Å². The van der Waals surface area contributed by atoms with Gasteiger partial charge in [0.05, 0.1) is 21.5 Å². The average Bonchev–Trinajstić information content (AvgIpc) is 2.86. The van der Waals surface area contributed by atoms with E-state index in [1.807, 2.05) is 25.1 Å². The number of hydrogen-bond donors (Lipinski definition) is 0. The lowest BCUT2D eigenvalue weighted by molar-refractivity contribution is 0.0933. The smallest absolute Gasteiger partial charge is 0.186 e. The van der Waals surface area contributed by atoms with Crippen molar-refractivity contribution in [2.75, 3.05) is 13.1 Å². The van der Waals surface area contributed by atoms with Gasteiger partial charge in [0.15, 0.2) is 5.78 Å². The molecular weight excluding hydrogens is 280 g/mol. The number of ketones is 1. The van der Waals surface area contributed by atoms with Gasteiger partial charge in [-0.25, -0.2) is 0 Å². The van der Waals surface area contributed by atoms with Crippen molar-refractivity contribution in [1.82, 2.24) is 9.88 Å².